The van der Waals surface area contributed by atoms with E-state index >= 15 is 0 Å². The summed E-state index contributed by atoms with van der Waals surface area (Å²) in [6.45, 7) is 0.583. The van der Waals surface area contributed by atoms with Crippen LogP contribution in [0.5, 0.6) is 0 Å². The molecular weight excluding hydrogens is 381 g/mol. The molecule has 0 N–H and O–H groups in total. The van der Waals surface area contributed by atoms with Crippen molar-refractivity contribution in [2.45, 2.75) is 43.2 Å². The van der Waals surface area contributed by atoms with Gasteiger partial charge in [0, 0.05) is 25.2 Å². The lowest BCUT2D eigenvalue weighted by molar-refractivity contribution is -0.137. The summed E-state index contributed by atoms with van der Waals surface area (Å²) in [7, 11) is -3.71. The Morgan fingerprint density at radius 3 is 2.67 bits per heavy atom. The van der Waals surface area contributed by atoms with Crippen molar-refractivity contribution >= 4 is 10.0 Å². The Morgan fingerprint density at radius 2 is 1.96 bits per heavy atom. The van der Waals surface area contributed by atoms with Crippen molar-refractivity contribution in [3.63, 3.8) is 0 Å². The number of hydrogen-bond donors (Lipinski definition) is 0. The van der Waals surface area contributed by atoms with E-state index < -0.39 is 27.5 Å². The van der Waals surface area contributed by atoms with Crippen molar-refractivity contribution in [2.24, 2.45) is 0 Å². The molecule has 10 heteroatoms. The van der Waals surface area contributed by atoms with Gasteiger partial charge in [-0.15, -0.1) is 5.10 Å². The Hall–Kier alpha value is -1.94. The number of rotatable bonds is 5. The number of nitrogens with zero attached hydrogens (tertiary/aromatic N) is 4. The van der Waals surface area contributed by atoms with Crippen LogP contribution in [0.3, 0.4) is 0 Å². The highest BCUT2D eigenvalue weighted by molar-refractivity contribution is 7.88. The smallest absolute Gasteiger partial charge is 0.248 e. The fourth-order valence-electron chi connectivity index (χ4n) is 3.35. The molecule has 4 rings (SSSR count). The molecule has 1 aliphatic carbocycles. The maximum atomic E-state index is 12.8. The summed E-state index contributed by atoms with van der Waals surface area (Å²) >= 11 is 0. The first kappa shape index (κ1) is 18.4. The molecule has 0 amide bonds. The lowest BCUT2D eigenvalue weighted by Crippen LogP contribution is -2.30. The third-order valence-electron chi connectivity index (χ3n) is 5.02. The molecule has 0 bridgehead atoms. The summed E-state index contributed by atoms with van der Waals surface area (Å²) < 4.78 is 66.9. The molecular formula is C17H19F3N4O2S. The Labute approximate surface area is 155 Å². The van der Waals surface area contributed by atoms with Crippen LogP contribution in [-0.4, -0.2) is 40.8 Å². The molecule has 1 unspecified atom stereocenters. The summed E-state index contributed by atoms with van der Waals surface area (Å²) in [4.78, 5) is 0. The number of halogens is 3. The van der Waals surface area contributed by atoms with Crippen molar-refractivity contribution in [3.8, 4) is 0 Å². The predicted molar refractivity (Wildman–Crippen MR) is 91.3 cm³/mol. The lowest BCUT2D eigenvalue weighted by Gasteiger charge is -2.17. The van der Waals surface area contributed by atoms with Crippen LogP contribution in [0.25, 0.3) is 0 Å². The summed E-state index contributed by atoms with van der Waals surface area (Å²) in [5.41, 5.74) is 0.232. The van der Waals surface area contributed by atoms with Crippen molar-refractivity contribution in [2.75, 3.05) is 13.1 Å². The van der Waals surface area contributed by atoms with Gasteiger partial charge < -0.3 is 0 Å². The van der Waals surface area contributed by atoms with E-state index in [9.17, 15) is 21.6 Å². The molecule has 0 radical (unpaired) electrons. The van der Waals surface area contributed by atoms with E-state index in [1.807, 2.05) is 6.20 Å². The minimum Gasteiger partial charge on any atom is -0.248 e. The molecule has 27 heavy (non-hydrogen) atoms. The second-order valence-electron chi connectivity index (χ2n) is 7.15. The van der Waals surface area contributed by atoms with E-state index in [4.69, 9.17) is 0 Å². The molecule has 146 valence electrons. The molecule has 2 aromatic rings. The van der Waals surface area contributed by atoms with Gasteiger partial charge in [-0.2, -0.15) is 17.5 Å². The highest BCUT2D eigenvalue weighted by Crippen LogP contribution is 2.39. The van der Waals surface area contributed by atoms with Crippen LogP contribution in [-0.2, 0) is 22.0 Å². The van der Waals surface area contributed by atoms with Gasteiger partial charge in [0.1, 0.15) is 0 Å². The Morgan fingerprint density at radius 1 is 1.19 bits per heavy atom. The second-order valence-corrected chi connectivity index (χ2v) is 9.12. The number of aromatic nitrogens is 3. The van der Waals surface area contributed by atoms with Gasteiger partial charge in [0.05, 0.1) is 23.1 Å². The summed E-state index contributed by atoms with van der Waals surface area (Å²) in [5, 5.41) is 8.27. The summed E-state index contributed by atoms with van der Waals surface area (Å²) in [5.74, 6) is 0.0230. The number of benzene rings is 1. The van der Waals surface area contributed by atoms with Crippen molar-refractivity contribution in [3.05, 3.63) is 47.3 Å². The average molecular weight is 400 g/mol. The van der Waals surface area contributed by atoms with Gasteiger partial charge in [0.2, 0.25) is 10.0 Å². The molecule has 1 aromatic carbocycles. The zero-order valence-corrected chi connectivity index (χ0v) is 15.2. The maximum absolute atomic E-state index is 12.8. The zero-order chi connectivity index (χ0) is 19.2. The van der Waals surface area contributed by atoms with E-state index in [0.717, 1.165) is 30.7 Å². The minimum atomic E-state index is -4.50. The van der Waals surface area contributed by atoms with Gasteiger partial charge in [-0.3, -0.25) is 0 Å². The van der Waals surface area contributed by atoms with Crippen LogP contribution in [0.15, 0.2) is 30.5 Å². The predicted octanol–water partition coefficient (Wildman–Crippen LogP) is 2.95. The van der Waals surface area contributed by atoms with Crippen LogP contribution in [0.2, 0.25) is 0 Å². The Bertz CT molecular complexity index is 938. The van der Waals surface area contributed by atoms with Gasteiger partial charge in [0.25, 0.3) is 0 Å². The van der Waals surface area contributed by atoms with Crippen LogP contribution in [0, 0.1) is 0 Å². The molecule has 2 heterocycles. The topological polar surface area (TPSA) is 68.1 Å². The first-order chi connectivity index (χ1) is 12.7. The standard InChI is InChI=1S/C17H19F3N4O2S/c18-17(19,20)14-3-1-2-12(8-14)11-27(25,26)23-7-6-15(9-23)24-10-16(21-22-24)13-4-5-13/h1-3,8,10,13,15H,4-7,9,11H2. The third-order valence-corrected chi connectivity index (χ3v) is 6.84. The number of hydrogen-bond acceptors (Lipinski definition) is 4. The molecule has 1 saturated heterocycles. The van der Waals surface area contributed by atoms with E-state index in [1.54, 1.807) is 4.68 Å². The SMILES string of the molecule is O=S(=O)(Cc1cccc(C(F)(F)F)c1)N1CCC(n2cc(C3CC3)nn2)C1. The fraction of sp³-hybridized carbons (Fsp3) is 0.529. The third kappa shape index (κ3) is 4.01. The molecule has 1 aromatic heterocycles. The van der Waals surface area contributed by atoms with Gasteiger partial charge in [-0.25, -0.2) is 13.1 Å². The molecule has 6 nitrogen and oxygen atoms in total. The lowest BCUT2D eigenvalue weighted by atomic mass is 10.1. The van der Waals surface area contributed by atoms with E-state index in [1.165, 1.54) is 16.4 Å². The number of sulfonamides is 1. The molecule has 2 aliphatic rings. The normalized spacial score (nSPS) is 21.7. The van der Waals surface area contributed by atoms with Crippen molar-refractivity contribution in [1.29, 1.82) is 0 Å². The summed E-state index contributed by atoms with van der Waals surface area (Å²) in [6.07, 6.45) is 0.215. The largest absolute Gasteiger partial charge is 0.416 e. The Kier molecular flexibility index (Phi) is 4.50. The number of alkyl halides is 3. The second kappa shape index (κ2) is 6.59. The molecule has 2 fully saturated rings. The Balaban J connectivity index is 1.45. The minimum absolute atomic E-state index is 0.0960. The van der Waals surface area contributed by atoms with Gasteiger partial charge >= 0.3 is 6.18 Å². The van der Waals surface area contributed by atoms with Crippen LogP contribution in [0.1, 0.15) is 48.0 Å². The first-order valence-electron chi connectivity index (χ1n) is 8.78. The highest BCUT2D eigenvalue weighted by Gasteiger charge is 2.35. The molecule has 1 saturated carbocycles. The van der Waals surface area contributed by atoms with E-state index in [0.29, 0.717) is 18.9 Å². The fourth-order valence-corrected chi connectivity index (χ4v) is 4.92. The van der Waals surface area contributed by atoms with Crippen LogP contribution >= 0.6 is 0 Å². The first-order valence-corrected chi connectivity index (χ1v) is 10.4. The van der Waals surface area contributed by atoms with Gasteiger partial charge in [-0.05, 0) is 30.9 Å². The quantitative estimate of drug-likeness (QED) is 0.774. The van der Waals surface area contributed by atoms with Crippen LogP contribution in [0.4, 0.5) is 13.2 Å². The van der Waals surface area contributed by atoms with Gasteiger partial charge in [0.15, 0.2) is 0 Å². The maximum Gasteiger partial charge on any atom is 0.416 e. The van der Waals surface area contributed by atoms with E-state index in [2.05, 4.69) is 10.3 Å². The average Bonchev–Trinajstić information content (AvgIpc) is 3.11. The van der Waals surface area contributed by atoms with Crippen LogP contribution < -0.4 is 0 Å². The summed E-state index contributed by atoms with van der Waals surface area (Å²) in [6, 6.07) is 4.37. The molecule has 1 atom stereocenters. The van der Waals surface area contributed by atoms with Crippen molar-refractivity contribution < 1.29 is 21.6 Å². The zero-order valence-electron chi connectivity index (χ0n) is 14.4. The highest BCUT2D eigenvalue weighted by atomic mass is 32.2. The van der Waals surface area contributed by atoms with E-state index in [-0.39, 0.29) is 18.2 Å². The molecule has 0 spiro atoms. The molecule has 1 aliphatic heterocycles. The van der Waals surface area contributed by atoms with Crippen molar-refractivity contribution in [1.82, 2.24) is 19.3 Å². The monoisotopic (exact) mass is 400 g/mol. The van der Waals surface area contributed by atoms with Gasteiger partial charge in [-0.1, -0.05) is 23.4 Å².